The lowest BCUT2D eigenvalue weighted by Crippen LogP contribution is -2.23. The van der Waals surface area contributed by atoms with Crippen molar-refractivity contribution in [3.63, 3.8) is 0 Å². The molecule has 2 aromatic heterocycles. The highest BCUT2D eigenvalue weighted by Crippen LogP contribution is 2.37. The number of anilines is 2. The van der Waals surface area contributed by atoms with E-state index in [1.165, 1.54) is 32.4 Å². The summed E-state index contributed by atoms with van der Waals surface area (Å²) >= 11 is 12.5. The average molecular weight is 625 g/mol. The molecule has 0 aliphatic carbocycles. The van der Waals surface area contributed by atoms with Crippen LogP contribution in [0.25, 0.3) is 16.8 Å². The first-order valence-corrected chi connectivity index (χ1v) is 13.9. The monoisotopic (exact) mass is 623 g/mol. The van der Waals surface area contributed by atoms with Gasteiger partial charge in [-0.15, -0.1) is 5.10 Å². The number of aromatic nitrogens is 3. The van der Waals surface area contributed by atoms with Crippen molar-refractivity contribution < 1.29 is 23.8 Å². The minimum Gasteiger partial charge on any atom is -0.496 e. The second-order valence-corrected chi connectivity index (χ2v) is 11.0. The van der Waals surface area contributed by atoms with Crippen molar-refractivity contribution in [1.82, 2.24) is 19.9 Å². The predicted octanol–water partition coefficient (Wildman–Crippen LogP) is 6.76. The summed E-state index contributed by atoms with van der Waals surface area (Å²) in [4.78, 5) is 17.4. The fourth-order valence-corrected chi connectivity index (χ4v) is 5.14. The first kappa shape index (κ1) is 30.1. The van der Waals surface area contributed by atoms with E-state index in [1.54, 1.807) is 54.9 Å². The van der Waals surface area contributed by atoms with Gasteiger partial charge in [0, 0.05) is 33.9 Å². The first-order chi connectivity index (χ1) is 20.5. The molecule has 0 spiro atoms. The quantitative estimate of drug-likeness (QED) is 0.166. The summed E-state index contributed by atoms with van der Waals surface area (Å²) in [6.45, 7) is 3.42. The number of ether oxygens (including phenoxy) is 2. The number of amides is 1. The number of carbonyl (C=O) groups is 1. The van der Waals surface area contributed by atoms with Gasteiger partial charge in [0.25, 0.3) is 5.91 Å². The van der Waals surface area contributed by atoms with E-state index in [4.69, 9.17) is 32.7 Å². The van der Waals surface area contributed by atoms with Crippen LogP contribution in [-0.4, -0.2) is 39.8 Å². The first-order valence-electron chi connectivity index (χ1n) is 13.1. The van der Waals surface area contributed by atoms with E-state index in [2.05, 4.69) is 20.7 Å². The number of nitrogens with one attached hydrogen (secondary N) is 2. The molecule has 2 heterocycles. The minimum atomic E-state index is -1.15. The number of hydrogen-bond donors (Lipinski definition) is 3. The van der Waals surface area contributed by atoms with E-state index in [9.17, 15) is 14.3 Å². The second-order valence-electron chi connectivity index (χ2n) is 10.2. The van der Waals surface area contributed by atoms with Crippen molar-refractivity contribution in [3.8, 4) is 22.6 Å². The molecule has 5 aromatic rings. The predicted molar refractivity (Wildman–Crippen MR) is 164 cm³/mol. The van der Waals surface area contributed by atoms with Gasteiger partial charge in [0.2, 0.25) is 5.95 Å². The fourth-order valence-electron chi connectivity index (χ4n) is 4.51. The van der Waals surface area contributed by atoms with Crippen LogP contribution in [0, 0.1) is 5.82 Å². The zero-order valence-electron chi connectivity index (χ0n) is 23.7. The third-order valence-corrected chi connectivity index (χ3v) is 7.42. The molecule has 3 aromatic carbocycles. The largest absolute Gasteiger partial charge is 0.496 e. The van der Waals surface area contributed by atoms with Crippen molar-refractivity contribution >= 4 is 46.4 Å². The van der Waals surface area contributed by atoms with Crippen LogP contribution in [0.1, 0.15) is 35.3 Å². The highest BCUT2D eigenvalue weighted by molar-refractivity contribution is 6.32. The van der Waals surface area contributed by atoms with E-state index in [-0.39, 0.29) is 17.5 Å². The molecule has 0 unspecified atom stereocenters. The molecule has 0 saturated heterocycles. The van der Waals surface area contributed by atoms with Gasteiger partial charge in [0.1, 0.15) is 17.3 Å². The Hall–Kier alpha value is -4.38. The molecule has 43 heavy (non-hydrogen) atoms. The van der Waals surface area contributed by atoms with Crippen LogP contribution in [-0.2, 0) is 12.1 Å². The van der Waals surface area contributed by atoms with Gasteiger partial charge in [-0.1, -0.05) is 35.3 Å². The molecule has 1 amide bonds. The molecule has 0 saturated carbocycles. The Morgan fingerprint density at radius 2 is 1.72 bits per heavy atom. The van der Waals surface area contributed by atoms with E-state index in [0.29, 0.717) is 50.5 Å². The minimum absolute atomic E-state index is 0.129. The lowest BCUT2D eigenvalue weighted by molar-refractivity contribution is 0.0784. The van der Waals surface area contributed by atoms with Gasteiger partial charge >= 0.3 is 0 Å². The summed E-state index contributed by atoms with van der Waals surface area (Å²) in [5, 5.41) is 21.5. The Labute approximate surface area is 257 Å². The summed E-state index contributed by atoms with van der Waals surface area (Å²) in [6, 6.07) is 16.3. The SMILES string of the molecule is COc1cc(C(C)(C)O)c(Cl)cc1Nc1nc2ccc(-c3ccc(C(=O)NCc4ccc(F)cc4Cl)c(OC)c3)cn2n1. The Balaban J connectivity index is 1.36. The van der Waals surface area contributed by atoms with Gasteiger partial charge < -0.3 is 25.2 Å². The Kier molecular flexibility index (Phi) is 8.45. The van der Waals surface area contributed by atoms with Crippen LogP contribution in [0.3, 0.4) is 0 Å². The van der Waals surface area contributed by atoms with Gasteiger partial charge in [-0.2, -0.15) is 4.98 Å². The van der Waals surface area contributed by atoms with E-state index < -0.39 is 11.4 Å². The maximum absolute atomic E-state index is 13.3. The summed E-state index contributed by atoms with van der Waals surface area (Å²) < 4.78 is 26.0. The number of nitrogens with zero attached hydrogens (tertiary/aromatic N) is 3. The zero-order chi connectivity index (χ0) is 30.9. The van der Waals surface area contributed by atoms with Gasteiger partial charge in [-0.25, -0.2) is 8.91 Å². The molecule has 0 bridgehead atoms. The summed E-state index contributed by atoms with van der Waals surface area (Å²) in [5.74, 6) is 0.347. The molecular formula is C31H28Cl2FN5O4. The maximum Gasteiger partial charge on any atom is 0.255 e. The van der Waals surface area contributed by atoms with Crippen LogP contribution in [0.5, 0.6) is 11.5 Å². The van der Waals surface area contributed by atoms with Crippen molar-refractivity contribution in [2.75, 3.05) is 19.5 Å². The van der Waals surface area contributed by atoms with Crippen molar-refractivity contribution in [1.29, 1.82) is 0 Å². The molecule has 3 N–H and O–H groups in total. The third-order valence-electron chi connectivity index (χ3n) is 6.76. The number of pyridine rings is 1. The van der Waals surface area contributed by atoms with Crippen molar-refractivity contribution in [3.05, 3.63) is 99.4 Å². The van der Waals surface area contributed by atoms with E-state index in [0.717, 1.165) is 11.1 Å². The summed E-state index contributed by atoms with van der Waals surface area (Å²) in [6.07, 6.45) is 1.81. The fraction of sp³-hybridized carbons (Fsp3) is 0.194. The number of benzene rings is 3. The molecule has 9 nitrogen and oxygen atoms in total. The number of rotatable bonds is 9. The third kappa shape index (κ3) is 6.51. The summed E-state index contributed by atoms with van der Waals surface area (Å²) in [5.41, 5.74) is 3.03. The highest BCUT2D eigenvalue weighted by atomic mass is 35.5. The van der Waals surface area contributed by atoms with Crippen LogP contribution < -0.4 is 20.1 Å². The zero-order valence-corrected chi connectivity index (χ0v) is 25.2. The number of fused-ring (bicyclic) bond motifs is 1. The number of halogens is 3. The lowest BCUT2D eigenvalue weighted by Gasteiger charge is -2.21. The van der Waals surface area contributed by atoms with Crippen molar-refractivity contribution in [2.24, 2.45) is 0 Å². The second kappa shape index (κ2) is 12.1. The molecule has 12 heteroatoms. The molecule has 0 atom stereocenters. The molecule has 0 aliphatic rings. The van der Waals surface area contributed by atoms with Crippen molar-refractivity contribution in [2.45, 2.75) is 26.0 Å². The number of hydrogen-bond acceptors (Lipinski definition) is 7. The Bertz CT molecular complexity index is 1840. The molecule has 0 fully saturated rings. The normalized spacial score (nSPS) is 11.4. The van der Waals surface area contributed by atoms with Gasteiger partial charge in [0.05, 0.1) is 31.1 Å². The molecule has 5 rings (SSSR count). The van der Waals surface area contributed by atoms with Crippen LogP contribution in [0.2, 0.25) is 10.0 Å². The number of aliphatic hydroxyl groups is 1. The van der Waals surface area contributed by atoms with Gasteiger partial charge in [0.15, 0.2) is 5.65 Å². The van der Waals surface area contributed by atoms with E-state index in [1.807, 2.05) is 12.1 Å². The number of carbonyl (C=O) groups excluding carboxylic acids is 1. The molecule has 222 valence electrons. The average Bonchev–Trinajstić information content (AvgIpc) is 3.37. The summed E-state index contributed by atoms with van der Waals surface area (Å²) in [7, 11) is 3.01. The van der Waals surface area contributed by atoms with Crippen LogP contribution >= 0.6 is 23.2 Å². The highest BCUT2D eigenvalue weighted by Gasteiger charge is 2.23. The molecule has 0 radical (unpaired) electrons. The van der Waals surface area contributed by atoms with Gasteiger partial charge in [-0.3, -0.25) is 4.79 Å². The van der Waals surface area contributed by atoms with Crippen LogP contribution in [0.4, 0.5) is 16.0 Å². The smallest absolute Gasteiger partial charge is 0.255 e. The number of methoxy groups -OCH3 is 2. The van der Waals surface area contributed by atoms with Crippen LogP contribution in [0.15, 0.2) is 66.9 Å². The molecular weight excluding hydrogens is 596 g/mol. The lowest BCUT2D eigenvalue weighted by atomic mass is 9.97. The Morgan fingerprint density at radius 1 is 0.977 bits per heavy atom. The Morgan fingerprint density at radius 3 is 2.42 bits per heavy atom. The van der Waals surface area contributed by atoms with E-state index >= 15 is 0 Å². The standard InChI is InChI=1S/C31H28Cl2FN5O4/c1-31(2,41)22-13-27(43-4)25(14-24(22)33)36-30-37-28-10-7-19(16-39(28)38-30)17-6-9-21(26(11-17)42-3)29(40)35-15-18-5-8-20(34)12-23(18)32/h5-14,16,41H,15H2,1-4H3,(H,35,40)(H,36,38). The maximum atomic E-state index is 13.3. The molecule has 0 aliphatic heterocycles. The van der Waals surface area contributed by atoms with Gasteiger partial charge in [-0.05, 0) is 73.5 Å². The topological polar surface area (TPSA) is 110 Å².